The van der Waals surface area contributed by atoms with E-state index in [1.807, 2.05) is 12.1 Å². The standard InChI is InChI=1S/C11H12N6OS/c12-3-5-18-7-9-16-17-10(14-15-11(17)19-9)8-2-1-4-13-6-8/h1-2,4,6H,3,5,7,12H2. The predicted octanol–water partition coefficient (Wildman–Crippen LogP) is 0.723. The molecule has 3 aromatic rings. The van der Waals surface area contributed by atoms with Crippen LogP contribution in [0, 0.1) is 0 Å². The Balaban J connectivity index is 1.90. The molecule has 0 radical (unpaired) electrons. The minimum absolute atomic E-state index is 0.442. The Morgan fingerprint density at radius 2 is 2.32 bits per heavy atom. The van der Waals surface area contributed by atoms with Gasteiger partial charge in [-0.15, -0.1) is 10.2 Å². The summed E-state index contributed by atoms with van der Waals surface area (Å²) < 4.78 is 7.07. The third-order valence-electron chi connectivity index (χ3n) is 2.44. The second kappa shape index (κ2) is 5.39. The molecular formula is C11H12N6OS. The SMILES string of the molecule is NCCOCc1nn2c(-c3cccnc3)nnc2s1. The predicted molar refractivity (Wildman–Crippen MR) is 70.6 cm³/mol. The summed E-state index contributed by atoms with van der Waals surface area (Å²) in [6.07, 6.45) is 3.45. The van der Waals surface area contributed by atoms with Crippen LogP contribution in [0.15, 0.2) is 24.5 Å². The van der Waals surface area contributed by atoms with Gasteiger partial charge in [-0.25, -0.2) is 0 Å². The molecule has 0 spiro atoms. The smallest absolute Gasteiger partial charge is 0.235 e. The van der Waals surface area contributed by atoms with Gasteiger partial charge in [-0.1, -0.05) is 11.3 Å². The van der Waals surface area contributed by atoms with Crippen LogP contribution in [0.3, 0.4) is 0 Å². The zero-order valence-electron chi connectivity index (χ0n) is 10.1. The summed E-state index contributed by atoms with van der Waals surface area (Å²) in [6, 6.07) is 3.78. The van der Waals surface area contributed by atoms with Gasteiger partial charge in [0.1, 0.15) is 11.6 Å². The highest BCUT2D eigenvalue weighted by Gasteiger charge is 2.13. The van der Waals surface area contributed by atoms with Crippen LogP contribution in [0.1, 0.15) is 5.01 Å². The molecule has 0 aliphatic carbocycles. The second-order valence-electron chi connectivity index (χ2n) is 3.80. The summed E-state index contributed by atoms with van der Waals surface area (Å²) in [5, 5.41) is 13.5. The molecule has 19 heavy (non-hydrogen) atoms. The van der Waals surface area contributed by atoms with Gasteiger partial charge in [0, 0.05) is 24.5 Å². The summed E-state index contributed by atoms with van der Waals surface area (Å²) >= 11 is 1.46. The fourth-order valence-electron chi connectivity index (χ4n) is 1.63. The summed E-state index contributed by atoms with van der Waals surface area (Å²) in [4.78, 5) is 4.81. The quantitative estimate of drug-likeness (QED) is 0.690. The molecule has 0 bridgehead atoms. The van der Waals surface area contributed by atoms with E-state index in [1.165, 1.54) is 11.3 Å². The van der Waals surface area contributed by atoms with E-state index in [1.54, 1.807) is 16.9 Å². The van der Waals surface area contributed by atoms with Crippen LogP contribution in [-0.4, -0.2) is 37.9 Å². The summed E-state index contributed by atoms with van der Waals surface area (Å²) in [5.74, 6) is 0.685. The fourth-order valence-corrected chi connectivity index (χ4v) is 2.40. The van der Waals surface area contributed by atoms with Crippen molar-refractivity contribution in [3.63, 3.8) is 0 Å². The third-order valence-corrected chi connectivity index (χ3v) is 3.31. The second-order valence-corrected chi connectivity index (χ2v) is 4.84. The number of fused-ring (bicyclic) bond motifs is 1. The van der Waals surface area contributed by atoms with Crippen molar-refractivity contribution in [3.8, 4) is 11.4 Å². The molecular weight excluding hydrogens is 264 g/mol. The zero-order valence-corrected chi connectivity index (χ0v) is 10.9. The van der Waals surface area contributed by atoms with Gasteiger partial charge in [-0.05, 0) is 12.1 Å². The van der Waals surface area contributed by atoms with Gasteiger partial charge in [0.25, 0.3) is 0 Å². The largest absolute Gasteiger partial charge is 0.373 e. The molecule has 7 nitrogen and oxygen atoms in total. The number of hydrogen-bond donors (Lipinski definition) is 1. The average Bonchev–Trinajstić information content (AvgIpc) is 3.00. The average molecular weight is 276 g/mol. The lowest BCUT2D eigenvalue weighted by molar-refractivity contribution is 0.127. The van der Waals surface area contributed by atoms with Crippen molar-refractivity contribution in [2.45, 2.75) is 6.61 Å². The van der Waals surface area contributed by atoms with Gasteiger partial charge in [0.05, 0.1) is 6.61 Å². The molecule has 0 fully saturated rings. The Labute approximate surface area is 113 Å². The molecule has 0 unspecified atom stereocenters. The first-order valence-electron chi connectivity index (χ1n) is 5.78. The Morgan fingerprint density at radius 3 is 3.11 bits per heavy atom. The molecule has 0 atom stereocenters. The number of pyridine rings is 1. The number of nitrogens with zero attached hydrogens (tertiary/aromatic N) is 5. The van der Waals surface area contributed by atoms with Gasteiger partial charge < -0.3 is 10.5 Å². The summed E-state index contributed by atoms with van der Waals surface area (Å²) in [7, 11) is 0. The van der Waals surface area contributed by atoms with Crippen LogP contribution in [-0.2, 0) is 11.3 Å². The molecule has 0 aliphatic rings. The maximum Gasteiger partial charge on any atom is 0.235 e. The number of aromatic nitrogens is 5. The number of rotatable bonds is 5. The monoisotopic (exact) mass is 276 g/mol. The van der Waals surface area contributed by atoms with Crippen molar-refractivity contribution in [1.29, 1.82) is 0 Å². The van der Waals surface area contributed by atoms with Crippen molar-refractivity contribution in [3.05, 3.63) is 29.5 Å². The van der Waals surface area contributed by atoms with Crippen LogP contribution >= 0.6 is 11.3 Å². The highest BCUT2D eigenvalue weighted by atomic mass is 32.1. The van der Waals surface area contributed by atoms with Crippen LogP contribution in [0.2, 0.25) is 0 Å². The zero-order chi connectivity index (χ0) is 13.1. The Hall–Kier alpha value is -1.90. The Kier molecular flexibility index (Phi) is 3.45. The molecule has 0 amide bonds. The molecule has 3 heterocycles. The first-order valence-corrected chi connectivity index (χ1v) is 6.59. The lowest BCUT2D eigenvalue weighted by atomic mass is 10.3. The van der Waals surface area contributed by atoms with Crippen molar-refractivity contribution in [2.75, 3.05) is 13.2 Å². The van der Waals surface area contributed by atoms with E-state index in [-0.39, 0.29) is 0 Å². The van der Waals surface area contributed by atoms with Crippen molar-refractivity contribution < 1.29 is 4.74 Å². The van der Waals surface area contributed by atoms with E-state index >= 15 is 0 Å². The summed E-state index contributed by atoms with van der Waals surface area (Å²) in [5.41, 5.74) is 6.26. The Morgan fingerprint density at radius 1 is 1.37 bits per heavy atom. The molecule has 0 saturated carbocycles. The van der Waals surface area contributed by atoms with Crippen molar-refractivity contribution in [1.82, 2.24) is 24.8 Å². The molecule has 0 saturated heterocycles. The maximum atomic E-state index is 5.37. The van der Waals surface area contributed by atoms with Gasteiger partial charge in [0.2, 0.25) is 4.96 Å². The van der Waals surface area contributed by atoms with Gasteiger partial charge in [0.15, 0.2) is 5.82 Å². The number of ether oxygens (including phenoxy) is 1. The molecule has 3 aromatic heterocycles. The maximum absolute atomic E-state index is 5.37. The van der Waals surface area contributed by atoms with Gasteiger partial charge in [-0.2, -0.15) is 9.61 Å². The molecule has 8 heteroatoms. The molecule has 0 aromatic carbocycles. The highest BCUT2D eigenvalue weighted by Crippen LogP contribution is 2.20. The topological polar surface area (TPSA) is 91.2 Å². The van der Waals surface area contributed by atoms with Gasteiger partial charge >= 0.3 is 0 Å². The minimum Gasteiger partial charge on any atom is -0.373 e. The third kappa shape index (κ3) is 2.46. The molecule has 0 aliphatic heterocycles. The van der Waals surface area contributed by atoms with E-state index in [0.29, 0.717) is 25.6 Å². The van der Waals surface area contributed by atoms with Crippen LogP contribution in [0.5, 0.6) is 0 Å². The van der Waals surface area contributed by atoms with Gasteiger partial charge in [-0.3, -0.25) is 4.98 Å². The van der Waals surface area contributed by atoms with E-state index in [2.05, 4.69) is 20.3 Å². The first kappa shape index (κ1) is 12.2. The molecule has 2 N–H and O–H groups in total. The van der Waals surface area contributed by atoms with E-state index in [4.69, 9.17) is 10.5 Å². The fraction of sp³-hybridized carbons (Fsp3) is 0.273. The first-order chi connectivity index (χ1) is 9.38. The van der Waals surface area contributed by atoms with E-state index in [9.17, 15) is 0 Å². The Bertz CT molecular complexity index is 664. The van der Waals surface area contributed by atoms with E-state index < -0.39 is 0 Å². The van der Waals surface area contributed by atoms with Crippen molar-refractivity contribution >= 4 is 16.3 Å². The van der Waals surface area contributed by atoms with Crippen LogP contribution in [0.25, 0.3) is 16.3 Å². The lowest BCUT2D eigenvalue weighted by Gasteiger charge is -1.97. The number of hydrogen-bond acceptors (Lipinski definition) is 7. The normalized spacial score (nSPS) is 11.2. The molecule has 3 rings (SSSR count). The molecule has 98 valence electrons. The minimum atomic E-state index is 0.442. The highest BCUT2D eigenvalue weighted by molar-refractivity contribution is 7.16. The van der Waals surface area contributed by atoms with Crippen molar-refractivity contribution in [2.24, 2.45) is 5.73 Å². The summed E-state index contributed by atoms with van der Waals surface area (Å²) in [6.45, 7) is 1.47. The van der Waals surface area contributed by atoms with E-state index in [0.717, 1.165) is 15.5 Å². The lowest BCUT2D eigenvalue weighted by Crippen LogP contribution is -2.08. The van der Waals surface area contributed by atoms with Crippen LogP contribution < -0.4 is 5.73 Å². The van der Waals surface area contributed by atoms with Crippen LogP contribution in [0.4, 0.5) is 0 Å². The number of nitrogens with two attached hydrogens (primary N) is 1.